The van der Waals surface area contributed by atoms with E-state index in [0.717, 1.165) is 64.8 Å². The highest BCUT2D eigenvalue weighted by atomic mass is 16.7. The van der Waals surface area contributed by atoms with E-state index in [-0.39, 0.29) is 12.6 Å². The van der Waals surface area contributed by atoms with Crippen LogP contribution in [0.4, 0.5) is 0 Å². The molecule has 0 atom stereocenters. The van der Waals surface area contributed by atoms with Gasteiger partial charge >= 0.3 is 5.97 Å². The number of hydrogen-bond acceptors (Lipinski definition) is 5. The summed E-state index contributed by atoms with van der Waals surface area (Å²) in [6.07, 6.45) is 60.3. The second-order valence-corrected chi connectivity index (χ2v) is 18.1. The van der Waals surface area contributed by atoms with Crippen LogP contribution < -0.4 is 0 Å². The molecule has 0 aromatic heterocycles. The number of hydrogen-bond donors (Lipinski definition) is 1. The number of allylic oxidation sites excluding steroid dienone is 4. The number of nitrogens with zero attached hydrogens (tertiary/aromatic N) is 2. The Morgan fingerprint density at radius 1 is 0.390 bits per heavy atom. The minimum absolute atomic E-state index is 0.0204. The molecular formula is C54H106N2O3. The zero-order valence-electron chi connectivity index (χ0n) is 40.5. The molecule has 1 N–H and O–H groups in total. The number of hydroxylamine groups is 2. The molecule has 0 heterocycles. The van der Waals surface area contributed by atoms with Crippen LogP contribution in [0.2, 0.25) is 0 Å². The van der Waals surface area contributed by atoms with E-state index in [2.05, 4.69) is 50.0 Å². The molecule has 0 aliphatic heterocycles. The highest BCUT2D eigenvalue weighted by Crippen LogP contribution is 2.15. The predicted molar refractivity (Wildman–Crippen MR) is 261 cm³/mol. The van der Waals surface area contributed by atoms with Crippen molar-refractivity contribution in [2.75, 3.05) is 39.3 Å². The van der Waals surface area contributed by atoms with Crippen LogP contribution in [0.3, 0.4) is 0 Å². The maximum absolute atomic E-state index is 12.8. The molecule has 0 saturated heterocycles. The lowest BCUT2D eigenvalue weighted by Crippen LogP contribution is -2.29. The molecule has 0 fully saturated rings. The molecule has 0 aliphatic carbocycles. The normalized spacial score (nSPS) is 12.0. The zero-order valence-corrected chi connectivity index (χ0v) is 40.5. The fraction of sp³-hybridized carbons (Fsp3) is 0.907. The Bertz CT molecular complexity index is 837. The molecule has 5 heteroatoms. The first-order chi connectivity index (χ1) is 29.2. The van der Waals surface area contributed by atoms with Crippen molar-refractivity contribution in [1.82, 2.24) is 9.96 Å². The Labute approximate surface area is 370 Å². The van der Waals surface area contributed by atoms with Gasteiger partial charge < -0.3 is 14.8 Å². The van der Waals surface area contributed by atoms with Gasteiger partial charge in [0.05, 0.1) is 6.61 Å². The summed E-state index contributed by atoms with van der Waals surface area (Å²) in [4.78, 5) is 21.3. The standard InChI is InChI=1S/C54H106N2O3/c1-4-7-10-13-16-19-22-23-24-25-26-27-28-33-38-43-48-55(52-53-57)49-44-39-34-31-32-37-42-47-54(58)59-56(50-45-40-35-29-20-17-14-11-8-5-2)51-46-41-36-30-21-18-15-12-9-6-3/h16,19,23-24,57H,4-15,17-18,20-22,25-53H2,1-3H3/b19-16-,24-23-. The van der Waals surface area contributed by atoms with Crippen LogP contribution in [0.5, 0.6) is 0 Å². The topological polar surface area (TPSA) is 53.0 Å². The van der Waals surface area contributed by atoms with Crippen LogP contribution in [0.25, 0.3) is 0 Å². The van der Waals surface area contributed by atoms with Gasteiger partial charge in [-0.2, -0.15) is 0 Å². The lowest BCUT2D eigenvalue weighted by molar-refractivity contribution is -0.191. The Morgan fingerprint density at radius 2 is 0.712 bits per heavy atom. The van der Waals surface area contributed by atoms with Crippen LogP contribution in [-0.2, 0) is 9.63 Å². The molecule has 59 heavy (non-hydrogen) atoms. The third-order valence-corrected chi connectivity index (χ3v) is 12.2. The average molecular weight is 831 g/mol. The Kier molecular flexibility index (Phi) is 50.2. The Balaban J connectivity index is 4.05. The van der Waals surface area contributed by atoms with E-state index < -0.39 is 0 Å². The van der Waals surface area contributed by atoms with E-state index in [1.165, 1.54) is 218 Å². The molecule has 0 unspecified atom stereocenters. The van der Waals surface area contributed by atoms with Gasteiger partial charge in [-0.05, 0) is 77.3 Å². The largest absolute Gasteiger partial charge is 0.395 e. The summed E-state index contributed by atoms with van der Waals surface area (Å²) in [5.41, 5.74) is 0. The van der Waals surface area contributed by atoms with E-state index in [1.54, 1.807) is 0 Å². The minimum Gasteiger partial charge on any atom is -0.395 e. The van der Waals surface area contributed by atoms with Gasteiger partial charge in [-0.25, -0.2) is 0 Å². The number of carbonyl (C=O) groups excluding carboxylic acids is 1. The smallest absolute Gasteiger partial charge is 0.325 e. The molecule has 350 valence electrons. The Morgan fingerprint density at radius 3 is 1.12 bits per heavy atom. The zero-order chi connectivity index (χ0) is 42.8. The van der Waals surface area contributed by atoms with Gasteiger partial charge in [0.25, 0.3) is 0 Å². The first kappa shape index (κ1) is 57.8. The van der Waals surface area contributed by atoms with Crippen molar-refractivity contribution in [3.63, 3.8) is 0 Å². The number of carbonyl (C=O) groups is 1. The second-order valence-electron chi connectivity index (χ2n) is 18.1. The molecule has 0 aliphatic rings. The summed E-state index contributed by atoms with van der Waals surface area (Å²) in [5.74, 6) is -0.0204. The fourth-order valence-corrected chi connectivity index (χ4v) is 8.23. The number of unbranched alkanes of at least 4 members (excludes halogenated alkanes) is 33. The van der Waals surface area contributed by atoms with Gasteiger partial charge in [0.1, 0.15) is 0 Å². The van der Waals surface area contributed by atoms with Crippen LogP contribution >= 0.6 is 0 Å². The van der Waals surface area contributed by atoms with Gasteiger partial charge in [-0.3, -0.25) is 4.79 Å². The second kappa shape index (κ2) is 51.2. The van der Waals surface area contributed by atoms with Gasteiger partial charge in [0.2, 0.25) is 0 Å². The van der Waals surface area contributed by atoms with Crippen molar-refractivity contribution in [3.05, 3.63) is 24.3 Å². The quantitative estimate of drug-likeness (QED) is 0.0376. The maximum Gasteiger partial charge on any atom is 0.325 e. The molecule has 0 amide bonds. The van der Waals surface area contributed by atoms with Gasteiger partial charge in [-0.1, -0.05) is 231 Å². The van der Waals surface area contributed by atoms with Gasteiger partial charge in [-0.15, -0.1) is 5.06 Å². The van der Waals surface area contributed by atoms with Crippen molar-refractivity contribution in [2.45, 2.75) is 278 Å². The van der Waals surface area contributed by atoms with Gasteiger partial charge in [0.15, 0.2) is 0 Å². The van der Waals surface area contributed by atoms with Crippen LogP contribution in [0.1, 0.15) is 278 Å². The molecule has 0 saturated carbocycles. The van der Waals surface area contributed by atoms with Gasteiger partial charge in [0, 0.05) is 26.1 Å². The van der Waals surface area contributed by atoms with Crippen molar-refractivity contribution >= 4 is 5.97 Å². The van der Waals surface area contributed by atoms with Crippen LogP contribution in [0, 0.1) is 0 Å². The van der Waals surface area contributed by atoms with E-state index in [0.29, 0.717) is 6.42 Å². The number of aliphatic hydroxyl groups excluding tert-OH is 1. The molecule has 0 aromatic rings. The molecule has 0 radical (unpaired) electrons. The highest BCUT2D eigenvalue weighted by molar-refractivity contribution is 5.68. The molecular weight excluding hydrogens is 725 g/mol. The van der Waals surface area contributed by atoms with Crippen molar-refractivity contribution < 1.29 is 14.7 Å². The first-order valence-electron chi connectivity index (χ1n) is 26.8. The third-order valence-electron chi connectivity index (χ3n) is 12.2. The maximum atomic E-state index is 12.8. The predicted octanol–water partition coefficient (Wildman–Crippen LogP) is 16.8. The monoisotopic (exact) mass is 831 g/mol. The lowest BCUT2D eigenvalue weighted by Gasteiger charge is -2.21. The summed E-state index contributed by atoms with van der Waals surface area (Å²) in [6.45, 7) is 11.9. The number of rotatable bonds is 50. The SMILES string of the molecule is CCCCC/C=C\C/C=C\CCCCCCCCN(CCO)CCCCCCCCCC(=O)ON(CCCCCCCCCCCC)CCCCCCCCCCCC. The summed E-state index contributed by atoms with van der Waals surface area (Å²) in [6, 6.07) is 0. The number of aliphatic hydroxyl groups is 1. The summed E-state index contributed by atoms with van der Waals surface area (Å²) >= 11 is 0. The summed E-state index contributed by atoms with van der Waals surface area (Å²) in [7, 11) is 0. The first-order valence-corrected chi connectivity index (χ1v) is 26.8. The Hall–Kier alpha value is -1.17. The van der Waals surface area contributed by atoms with E-state index in [1.807, 2.05) is 5.06 Å². The highest BCUT2D eigenvalue weighted by Gasteiger charge is 2.12. The molecule has 0 rings (SSSR count). The minimum atomic E-state index is -0.0204. The third kappa shape index (κ3) is 47.7. The molecule has 5 nitrogen and oxygen atoms in total. The molecule has 0 spiro atoms. The van der Waals surface area contributed by atoms with Crippen molar-refractivity contribution in [2.24, 2.45) is 0 Å². The fourth-order valence-electron chi connectivity index (χ4n) is 8.23. The lowest BCUT2D eigenvalue weighted by atomic mass is 10.1. The van der Waals surface area contributed by atoms with Crippen LogP contribution in [0.15, 0.2) is 24.3 Å². The van der Waals surface area contributed by atoms with Crippen molar-refractivity contribution in [1.29, 1.82) is 0 Å². The molecule has 0 bridgehead atoms. The van der Waals surface area contributed by atoms with E-state index in [9.17, 15) is 9.90 Å². The van der Waals surface area contributed by atoms with E-state index in [4.69, 9.17) is 4.84 Å². The van der Waals surface area contributed by atoms with Crippen molar-refractivity contribution in [3.8, 4) is 0 Å². The summed E-state index contributed by atoms with van der Waals surface area (Å²) in [5, 5.41) is 11.6. The average Bonchev–Trinajstić information content (AvgIpc) is 3.23. The van der Waals surface area contributed by atoms with E-state index >= 15 is 0 Å². The van der Waals surface area contributed by atoms with Crippen LogP contribution in [-0.4, -0.2) is 60.4 Å². The summed E-state index contributed by atoms with van der Waals surface area (Å²) < 4.78 is 0. The molecule has 0 aromatic carbocycles.